The second kappa shape index (κ2) is 6.64. The van der Waals surface area contributed by atoms with Gasteiger partial charge in [-0.25, -0.2) is 0 Å². The van der Waals surface area contributed by atoms with Gasteiger partial charge in [0.25, 0.3) is 0 Å². The van der Waals surface area contributed by atoms with E-state index < -0.39 is 11.7 Å². The molecule has 1 aromatic rings. The predicted octanol–water partition coefficient (Wildman–Crippen LogP) is 3.55. The van der Waals surface area contributed by atoms with Crippen molar-refractivity contribution in [2.24, 2.45) is 5.73 Å². The van der Waals surface area contributed by atoms with Crippen LogP contribution in [0.5, 0.6) is 0 Å². The number of rotatable bonds is 6. The van der Waals surface area contributed by atoms with Gasteiger partial charge in [0.05, 0.1) is 5.56 Å². The summed E-state index contributed by atoms with van der Waals surface area (Å²) >= 11 is 0. The molecule has 2 nitrogen and oxygen atoms in total. The van der Waals surface area contributed by atoms with E-state index >= 15 is 0 Å². The van der Waals surface area contributed by atoms with E-state index in [-0.39, 0.29) is 0 Å². The van der Waals surface area contributed by atoms with Crippen LogP contribution in [0.4, 0.5) is 18.9 Å². The van der Waals surface area contributed by atoms with E-state index in [2.05, 4.69) is 5.32 Å². The Morgan fingerprint density at radius 1 is 1.17 bits per heavy atom. The molecule has 1 rings (SSSR count). The van der Waals surface area contributed by atoms with Gasteiger partial charge in [-0.2, -0.15) is 13.2 Å². The molecule has 0 aliphatic carbocycles. The molecule has 0 saturated carbocycles. The topological polar surface area (TPSA) is 38.0 Å². The number of hydrogen-bond donors (Lipinski definition) is 2. The number of hydrogen-bond acceptors (Lipinski definition) is 2. The van der Waals surface area contributed by atoms with Crippen LogP contribution >= 0.6 is 0 Å². The summed E-state index contributed by atoms with van der Waals surface area (Å²) in [6, 6.07) is 3.76. The molecule has 0 aliphatic rings. The summed E-state index contributed by atoms with van der Waals surface area (Å²) in [4.78, 5) is 0. The van der Waals surface area contributed by atoms with Gasteiger partial charge in [-0.1, -0.05) is 6.42 Å². The number of alkyl halides is 3. The first kappa shape index (κ1) is 14.8. The Hall–Kier alpha value is -1.23. The summed E-state index contributed by atoms with van der Waals surface area (Å²) in [5.41, 5.74) is 6.15. The number of halogens is 3. The molecule has 0 heterocycles. The third-order valence-corrected chi connectivity index (χ3v) is 2.75. The van der Waals surface area contributed by atoms with Crippen LogP contribution in [-0.4, -0.2) is 13.1 Å². The average Bonchev–Trinajstić information content (AvgIpc) is 2.29. The molecule has 0 amide bonds. The summed E-state index contributed by atoms with van der Waals surface area (Å²) in [6.45, 7) is 3.11. The maximum absolute atomic E-state index is 12.5. The number of unbranched alkanes of at least 4 members (excludes halogenated alkanes) is 2. The van der Waals surface area contributed by atoms with Gasteiger partial charge < -0.3 is 11.1 Å². The van der Waals surface area contributed by atoms with Crippen LogP contribution in [0.25, 0.3) is 0 Å². The standard InChI is InChI=1S/C13H19F3N2/c1-10-9-11(13(14,15)16)5-6-12(10)18-8-4-2-3-7-17/h5-6,9,18H,2-4,7-8,17H2,1H3. The van der Waals surface area contributed by atoms with Crippen molar-refractivity contribution < 1.29 is 13.2 Å². The molecule has 0 aliphatic heterocycles. The zero-order valence-corrected chi connectivity index (χ0v) is 10.5. The zero-order chi connectivity index (χ0) is 13.6. The van der Waals surface area contributed by atoms with Crippen molar-refractivity contribution in [3.8, 4) is 0 Å². The van der Waals surface area contributed by atoms with Crippen LogP contribution in [0.1, 0.15) is 30.4 Å². The molecule has 5 heteroatoms. The summed E-state index contributed by atoms with van der Waals surface area (Å²) in [7, 11) is 0. The lowest BCUT2D eigenvalue weighted by Crippen LogP contribution is -2.08. The summed E-state index contributed by atoms with van der Waals surface area (Å²) < 4.78 is 37.4. The first-order chi connectivity index (χ1) is 8.45. The van der Waals surface area contributed by atoms with E-state index in [4.69, 9.17) is 5.73 Å². The maximum atomic E-state index is 12.5. The molecule has 0 atom stereocenters. The van der Waals surface area contributed by atoms with Crippen LogP contribution in [0.3, 0.4) is 0 Å². The lowest BCUT2D eigenvalue weighted by molar-refractivity contribution is -0.137. The van der Waals surface area contributed by atoms with Crippen LogP contribution in [0, 0.1) is 6.92 Å². The summed E-state index contributed by atoms with van der Waals surface area (Å²) in [5, 5.41) is 3.14. The molecule has 0 spiro atoms. The smallest absolute Gasteiger partial charge is 0.385 e. The zero-order valence-electron chi connectivity index (χ0n) is 10.5. The molecule has 0 radical (unpaired) electrons. The fourth-order valence-corrected chi connectivity index (χ4v) is 1.71. The van der Waals surface area contributed by atoms with Crippen molar-refractivity contribution in [3.63, 3.8) is 0 Å². The lowest BCUT2D eigenvalue weighted by Gasteiger charge is -2.12. The molecule has 1 aromatic carbocycles. The van der Waals surface area contributed by atoms with Crippen molar-refractivity contribution >= 4 is 5.69 Å². The van der Waals surface area contributed by atoms with Crippen LogP contribution in [-0.2, 0) is 6.18 Å². The summed E-state index contributed by atoms with van der Waals surface area (Å²) in [6.07, 6.45) is -1.29. The highest BCUT2D eigenvalue weighted by Gasteiger charge is 2.30. The molecular weight excluding hydrogens is 241 g/mol. The van der Waals surface area contributed by atoms with Gasteiger partial charge in [-0.05, 0) is 50.1 Å². The minimum absolute atomic E-state index is 0.603. The third kappa shape index (κ3) is 4.56. The quantitative estimate of drug-likeness (QED) is 0.767. The van der Waals surface area contributed by atoms with E-state index in [9.17, 15) is 13.2 Å². The predicted molar refractivity (Wildman–Crippen MR) is 67.6 cm³/mol. The molecule has 0 bridgehead atoms. The Labute approximate surface area is 105 Å². The van der Waals surface area contributed by atoms with Crippen molar-refractivity contribution in [1.82, 2.24) is 0 Å². The molecule has 0 fully saturated rings. The average molecular weight is 260 g/mol. The SMILES string of the molecule is Cc1cc(C(F)(F)F)ccc1NCCCCCN. The molecule has 18 heavy (non-hydrogen) atoms. The van der Waals surface area contributed by atoms with Crippen LogP contribution in [0.15, 0.2) is 18.2 Å². The van der Waals surface area contributed by atoms with Gasteiger partial charge in [0, 0.05) is 12.2 Å². The number of anilines is 1. The van der Waals surface area contributed by atoms with E-state index in [1.54, 1.807) is 6.92 Å². The van der Waals surface area contributed by atoms with Crippen molar-refractivity contribution in [2.75, 3.05) is 18.4 Å². The fraction of sp³-hybridized carbons (Fsp3) is 0.538. The van der Waals surface area contributed by atoms with Gasteiger partial charge >= 0.3 is 6.18 Å². The Kier molecular flexibility index (Phi) is 5.47. The Balaban J connectivity index is 2.53. The van der Waals surface area contributed by atoms with Crippen LogP contribution in [0.2, 0.25) is 0 Å². The summed E-state index contributed by atoms with van der Waals surface area (Å²) in [5.74, 6) is 0. The van der Waals surface area contributed by atoms with Gasteiger partial charge in [0.2, 0.25) is 0 Å². The molecular formula is C13H19F3N2. The molecule has 0 aromatic heterocycles. The Bertz CT molecular complexity index is 375. The molecule has 0 unspecified atom stereocenters. The molecule has 3 N–H and O–H groups in total. The van der Waals surface area contributed by atoms with Crippen molar-refractivity contribution in [2.45, 2.75) is 32.4 Å². The highest BCUT2D eigenvalue weighted by atomic mass is 19.4. The van der Waals surface area contributed by atoms with E-state index in [1.165, 1.54) is 12.1 Å². The van der Waals surface area contributed by atoms with Gasteiger partial charge in [-0.15, -0.1) is 0 Å². The van der Waals surface area contributed by atoms with Crippen molar-refractivity contribution in [1.29, 1.82) is 0 Å². The first-order valence-corrected chi connectivity index (χ1v) is 6.07. The van der Waals surface area contributed by atoms with E-state index in [0.717, 1.165) is 37.6 Å². The second-order valence-corrected chi connectivity index (χ2v) is 4.30. The van der Waals surface area contributed by atoms with Gasteiger partial charge in [0.1, 0.15) is 0 Å². The van der Waals surface area contributed by atoms with Gasteiger partial charge in [-0.3, -0.25) is 0 Å². The minimum Gasteiger partial charge on any atom is -0.385 e. The molecule has 0 saturated heterocycles. The van der Waals surface area contributed by atoms with E-state index in [0.29, 0.717) is 12.1 Å². The fourth-order valence-electron chi connectivity index (χ4n) is 1.71. The highest BCUT2D eigenvalue weighted by molar-refractivity contribution is 5.52. The minimum atomic E-state index is -4.27. The number of nitrogens with one attached hydrogen (secondary N) is 1. The normalized spacial score (nSPS) is 11.6. The largest absolute Gasteiger partial charge is 0.416 e. The third-order valence-electron chi connectivity index (χ3n) is 2.75. The van der Waals surface area contributed by atoms with Crippen molar-refractivity contribution in [3.05, 3.63) is 29.3 Å². The molecule has 102 valence electrons. The van der Waals surface area contributed by atoms with E-state index in [1.807, 2.05) is 0 Å². The Morgan fingerprint density at radius 3 is 2.44 bits per heavy atom. The maximum Gasteiger partial charge on any atom is 0.416 e. The van der Waals surface area contributed by atoms with Gasteiger partial charge in [0.15, 0.2) is 0 Å². The first-order valence-electron chi connectivity index (χ1n) is 6.07. The number of benzene rings is 1. The second-order valence-electron chi connectivity index (χ2n) is 4.30. The van der Waals surface area contributed by atoms with Crippen LogP contribution < -0.4 is 11.1 Å². The number of aryl methyl sites for hydroxylation is 1. The lowest BCUT2D eigenvalue weighted by atomic mass is 10.1. The highest BCUT2D eigenvalue weighted by Crippen LogP contribution is 2.31. The Morgan fingerprint density at radius 2 is 1.89 bits per heavy atom. The number of nitrogens with two attached hydrogens (primary N) is 1. The monoisotopic (exact) mass is 260 g/mol.